The molecule has 2 saturated heterocycles. The Balaban J connectivity index is 1.50. The number of rotatable bonds is 6. The molecule has 0 radical (unpaired) electrons. The fourth-order valence-corrected chi connectivity index (χ4v) is 8.95. The average Bonchev–Trinajstić information content (AvgIpc) is 3.58. The fourth-order valence-electron chi connectivity index (χ4n) is 4.43. The van der Waals surface area contributed by atoms with Crippen LogP contribution >= 0.6 is 45.9 Å². The first-order chi connectivity index (χ1) is 16.3. The minimum atomic E-state index is -3.85. The van der Waals surface area contributed by atoms with Gasteiger partial charge in [0.25, 0.3) is 10.0 Å². The van der Waals surface area contributed by atoms with Crippen molar-refractivity contribution >= 4 is 77.2 Å². The zero-order chi connectivity index (χ0) is 23.9. The number of sulfonamides is 1. The Hall–Kier alpha value is -1.27. The molecule has 34 heavy (non-hydrogen) atoms. The maximum Gasteiger partial charge on any atom is 0.253 e. The number of hydrogen-bond acceptors (Lipinski definition) is 7. The zero-order valence-corrected chi connectivity index (χ0v) is 22.1. The van der Waals surface area contributed by atoms with Crippen molar-refractivity contribution in [3.63, 3.8) is 0 Å². The topological polar surface area (TPSA) is 79.8 Å². The number of thiophene rings is 1. The van der Waals surface area contributed by atoms with E-state index in [0.29, 0.717) is 40.5 Å². The number of aromatic nitrogens is 1. The summed E-state index contributed by atoms with van der Waals surface area (Å²) in [5, 5.41) is 1.12. The van der Waals surface area contributed by atoms with Crippen molar-refractivity contribution in [3.8, 4) is 0 Å². The molecular formula is C22H23Cl2N3O4S3. The third-order valence-electron chi connectivity index (χ3n) is 6.10. The summed E-state index contributed by atoms with van der Waals surface area (Å²) in [4.78, 5) is 20.3. The molecule has 2 unspecified atom stereocenters. The molecule has 0 saturated carbocycles. The van der Waals surface area contributed by atoms with E-state index in [0.717, 1.165) is 40.8 Å². The second kappa shape index (κ2) is 10.0. The summed E-state index contributed by atoms with van der Waals surface area (Å²) in [5.41, 5.74) is 0.746. The van der Waals surface area contributed by atoms with Gasteiger partial charge in [0.05, 0.1) is 27.2 Å². The van der Waals surface area contributed by atoms with Crippen LogP contribution in [-0.2, 0) is 19.6 Å². The van der Waals surface area contributed by atoms with Crippen LogP contribution in [-0.4, -0.2) is 55.5 Å². The zero-order valence-electron chi connectivity index (χ0n) is 18.2. The van der Waals surface area contributed by atoms with Crippen molar-refractivity contribution in [2.24, 2.45) is 0 Å². The number of halogens is 2. The van der Waals surface area contributed by atoms with Gasteiger partial charge in [-0.05, 0) is 56.0 Å². The molecule has 1 amide bonds. The first-order valence-corrected chi connectivity index (χ1v) is 14.9. The second-order valence-electron chi connectivity index (χ2n) is 8.38. The van der Waals surface area contributed by atoms with Gasteiger partial charge in [-0.1, -0.05) is 41.0 Å². The number of carbonyl (C=O) groups excluding carboxylic acids is 1. The summed E-state index contributed by atoms with van der Waals surface area (Å²) in [7, 11) is -3.85. The van der Waals surface area contributed by atoms with Gasteiger partial charge >= 0.3 is 0 Å². The highest BCUT2D eigenvalue weighted by atomic mass is 35.5. The quantitative estimate of drug-likeness (QED) is 0.402. The molecule has 182 valence electrons. The van der Waals surface area contributed by atoms with Gasteiger partial charge in [-0.25, -0.2) is 13.4 Å². The molecule has 2 aliphatic heterocycles. The summed E-state index contributed by atoms with van der Waals surface area (Å²) in [5.74, 6) is -0.272. The molecule has 4 heterocycles. The van der Waals surface area contributed by atoms with E-state index >= 15 is 0 Å². The number of carbonyl (C=O) groups is 1. The molecule has 5 rings (SSSR count). The number of fused-ring (bicyclic) bond motifs is 1. The van der Waals surface area contributed by atoms with E-state index in [2.05, 4.69) is 4.98 Å². The van der Waals surface area contributed by atoms with Gasteiger partial charge in [-0.3, -0.25) is 9.69 Å². The summed E-state index contributed by atoms with van der Waals surface area (Å²) in [6.45, 7) is 1.28. The van der Waals surface area contributed by atoms with Crippen molar-refractivity contribution in [2.75, 3.05) is 24.6 Å². The molecule has 2 aromatic heterocycles. The van der Waals surface area contributed by atoms with Crippen LogP contribution in [0.3, 0.4) is 0 Å². The van der Waals surface area contributed by atoms with Gasteiger partial charge in [0.2, 0.25) is 5.91 Å². The Kier molecular flexibility index (Phi) is 7.19. The van der Waals surface area contributed by atoms with Gasteiger partial charge in [0.1, 0.15) is 10.3 Å². The lowest BCUT2D eigenvalue weighted by atomic mass is 10.0. The number of anilines is 1. The molecule has 7 nitrogen and oxygen atoms in total. The summed E-state index contributed by atoms with van der Waals surface area (Å²) in [6.07, 6.45) is 3.61. The highest BCUT2D eigenvalue weighted by Gasteiger charge is 2.41. The molecule has 0 bridgehead atoms. The van der Waals surface area contributed by atoms with E-state index < -0.39 is 16.1 Å². The van der Waals surface area contributed by atoms with Gasteiger partial charge in [0, 0.05) is 18.2 Å². The van der Waals surface area contributed by atoms with E-state index in [1.807, 2.05) is 12.1 Å². The minimum absolute atomic E-state index is 0.107. The highest BCUT2D eigenvalue weighted by molar-refractivity contribution is 7.91. The Labute approximate surface area is 216 Å². The van der Waals surface area contributed by atoms with Gasteiger partial charge in [-0.15, -0.1) is 11.3 Å². The van der Waals surface area contributed by atoms with Crippen LogP contribution in [0.25, 0.3) is 10.2 Å². The number of piperidine rings is 1. The van der Waals surface area contributed by atoms with Crippen molar-refractivity contribution < 1.29 is 17.9 Å². The molecule has 2 aliphatic rings. The second-order valence-corrected chi connectivity index (χ2v) is 13.7. The van der Waals surface area contributed by atoms with E-state index in [9.17, 15) is 13.2 Å². The van der Waals surface area contributed by atoms with E-state index in [1.54, 1.807) is 17.0 Å². The molecule has 1 aromatic carbocycles. The lowest BCUT2D eigenvalue weighted by Crippen LogP contribution is -2.54. The predicted octanol–water partition coefficient (Wildman–Crippen LogP) is 5.42. The van der Waals surface area contributed by atoms with Crippen LogP contribution in [0, 0.1) is 0 Å². The van der Waals surface area contributed by atoms with Crippen molar-refractivity contribution in [1.82, 2.24) is 9.29 Å². The average molecular weight is 561 g/mol. The van der Waals surface area contributed by atoms with Crippen LogP contribution in [0.1, 0.15) is 32.1 Å². The Morgan fingerprint density at radius 2 is 2.00 bits per heavy atom. The largest absolute Gasteiger partial charge is 0.376 e. The van der Waals surface area contributed by atoms with Gasteiger partial charge < -0.3 is 4.74 Å². The van der Waals surface area contributed by atoms with Crippen molar-refractivity contribution in [2.45, 2.75) is 48.5 Å². The van der Waals surface area contributed by atoms with Crippen LogP contribution in [0.5, 0.6) is 0 Å². The number of ether oxygens (including phenoxy) is 1. The molecule has 0 aliphatic carbocycles. The molecule has 2 fully saturated rings. The number of thiazole rings is 1. The number of nitrogens with zero attached hydrogens (tertiary/aromatic N) is 3. The first kappa shape index (κ1) is 24.4. The van der Waals surface area contributed by atoms with Crippen molar-refractivity contribution in [3.05, 3.63) is 39.7 Å². The smallest absolute Gasteiger partial charge is 0.253 e. The van der Waals surface area contributed by atoms with E-state index in [-0.39, 0.29) is 22.8 Å². The normalized spacial score (nSPS) is 21.8. The van der Waals surface area contributed by atoms with Crippen LogP contribution in [0.15, 0.2) is 34.5 Å². The van der Waals surface area contributed by atoms with Crippen LogP contribution in [0.2, 0.25) is 9.36 Å². The Morgan fingerprint density at radius 1 is 1.15 bits per heavy atom. The molecule has 0 spiro atoms. The minimum Gasteiger partial charge on any atom is -0.376 e. The number of amides is 1. The number of hydrogen-bond donors (Lipinski definition) is 0. The molecule has 0 N–H and O–H groups in total. The highest BCUT2D eigenvalue weighted by Crippen LogP contribution is 2.35. The maximum absolute atomic E-state index is 14.0. The standard InChI is InChI=1S/C22H23Cl2N3O4S3/c23-14-6-7-16-18(12-14)32-22(25-16)26(13-15-4-3-11-31-15)21(28)17-5-1-2-10-27(17)34(29,30)20-9-8-19(24)33-20/h6-9,12,15,17H,1-5,10-11,13H2. The predicted molar refractivity (Wildman–Crippen MR) is 137 cm³/mol. The molecule has 3 aromatic rings. The third-order valence-corrected chi connectivity index (χ3v) is 11.0. The first-order valence-electron chi connectivity index (χ1n) is 11.1. The van der Waals surface area contributed by atoms with Crippen LogP contribution < -0.4 is 4.90 Å². The summed E-state index contributed by atoms with van der Waals surface area (Å²) >= 11 is 14.5. The SMILES string of the molecule is O=C(C1CCCCN1S(=O)(=O)c1ccc(Cl)s1)N(CC1CCCO1)c1nc2ccc(Cl)cc2s1. The van der Waals surface area contributed by atoms with Gasteiger partial charge in [0.15, 0.2) is 5.13 Å². The summed E-state index contributed by atoms with van der Waals surface area (Å²) in [6, 6.07) is 7.67. The summed E-state index contributed by atoms with van der Waals surface area (Å²) < 4.78 is 35.5. The third kappa shape index (κ3) is 4.86. The Bertz CT molecular complexity index is 1300. The molecule has 2 atom stereocenters. The van der Waals surface area contributed by atoms with E-state index in [4.69, 9.17) is 27.9 Å². The number of benzene rings is 1. The maximum atomic E-state index is 14.0. The molecular weight excluding hydrogens is 537 g/mol. The lowest BCUT2D eigenvalue weighted by Gasteiger charge is -2.36. The Morgan fingerprint density at radius 3 is 2.74 bits per heavy atom. The lowest BCUT2D eigenvalue weighted by molar-refractivity contribution is -0.123. The van der Waals surface area contributed by atoms with Crippen LogP contribution in [0.4, 0.5) is 5.13 Å². The van der Waals surface area contributed by atoms with Gasteiger partial charge in [-0.2, -0.15) is 4.31 Å². The fraction of sp³-hybridized carbons (Fsp3) is 0.455. The van der Waals surface area contributed by atoms with E-state index in [1.165, 1.54) is 21.7 Å². The van der Waals surface area contributed by atoms with Crippen molar-refractivity contribution in [1.29, 1.82) is 0 Å². The monoisotopic (exact) mass is 559 g/mol. The molecule has 12 heteroatoms.